The lowest BCUT2D eigenvalue weighted by molar-refractivity contribution is -0.121. The standard InChI is InChI=1S/C3H2N2O2/c6-3-1-7-5-2-4-3/h2H,(H,4,5,6). The number of rotatable bonds is 0. The molecule has 4 heteroatoms. The van der Waals surface area contributed by atoms with Gasteiger partial charge in [0.05, 0.1) is 0 Å². The van der Waals surface area contributed by atoms with E-state index >= 15 is 0 Å². The fraction of sp³-hybridized carbons (Fsp3) is 0. The first-order valence-corrected chi connectivity index (χ1v) is 1.64. The number of oxime groups is 1. The van der Waals surface area contributed by atoms with Crippen LogP contribution in [0.3, 0.4) is 0 Å². The number of nitrogens with zero attached hydrogens (tertiary/aromatic N) is 1. The molecular weight excluding hydrogens is 96.0 g/mol. The van der Waals surface area contributed by atoms with Gasteiger partial charge < -0.3 is 10.2 Å². The monoisotopic (exact) mass is 98.0 g/mol. The first-order valence-electron chi connectivity index (χ1n) is 1.64. The van der Waals surface area contributed by atoms with Gasteiger partial charge in [0.1, 0.15) is 6.34 Å². The van der Waals surface area contributed by atoms with Crippen molar-refractivity contribution in [3.63, 3.8) is 0 Å². The second-order valence-corrected chi connectivity index (χ2v) is 0.901. The van der Waals surface area contributed by atoms with Crippen LogP contribution in [-0.4, -0.2) is 12.2 Å². The molecule has 0 unspecified atom stereocenters. The van der Waals surface area contributed by atoms with Crippen LogP contribution in [0.15, 0.2) is 5.16 Å². The predicted octanol–water partition coefficient (Wildman–Crippen LogP) is -0.885. The Balaban J connectivity index is 2.47. The second-order valence-electron chi connectivity index (χ2n) is 0.901. The third kappa shape index (κ3) is 0.887. The van der Waals surface area contributed by atoms with Gasteiger partial charge in [0, 0.05) is 0 Å². The summed E-state index contributed by atoms with van der Waals surface area (Å²) < 4.78 is 0. The molecule has 1 heterocycles. The van der Waals surface area contributed by atoms with E-state index in [2.05, 4.69) is 15.3 Å². The number of carbonyl (C=O) groups is 1. The molecule has 0 aromatic rings. The first-order chi connectivity index (χ1) is 3.39. The number of nitrogens with one attached hydrogen (secondary N) is 1. The van der Waals surface area contributed by atoms with E-state index in [-0.39, 0.29) is 0 Å². The van der Waals surface area contributed by atoms with Gasteiger partial charge in [-0.05, 0) is 0 Å². The normalized spacial score (nSPS) is 18.0. The summed E-state index contributed by atoms with van der Waals surface area (Å²) in [6.07, 6.45) is 1.15. The van der Waals surface area contributed by atoms with E-state index in [4.69, 9.17) is 0 Å². The van der Waals surface area contributed by atoms with Crippen LogP contribution in [0.25, 0.3) is 0 Å². The van der Waals surface area contributed by atoms with Gasteiger partial charge in [0.25, 0.3) is 5.91 Å². The van der Waals surface area contributed by atoms with Gasteiger partial charge in [-0.1, -0.05) is 5.16 Å². The Morgan fingerprint density at radius 2 is 2.86 bits per heavy atom. The van der Waals surface area contributed by atoms with Gasteiger partial charge in [-0.3, -0.25) is 4.79 Å². The van der Waals surface area contributed by atoms with Crippen LogP contribution >= 0.6 is 0 Å². The predicted molar refractivity (Wildman–Crippen MR) is 21.0 cm³/mol. The van der Waals surface area contributed by atoms with Gasteiger partial charge in [-0.15, -0.1) is 0 Å². The van der Waals surface area contributed by atoms with Crippen molar-refractivity contribution in [2.45, 2.75) is 0 Å². The molecule has 36 valence electrons. The topological polar surface area (TPSA) is 50.7 Å². The fourth-order valence-corrected chi connectivity index (χ4v) is 0.209. The van der Waals surface area contributed by atoms with Crippen molar-refractivity contribution in [1.29, 1.82) is 0 Å². The summed E-state index contributed by atoms with van der Waals surface area (Å²) in [4.78, 5) is 14.1. The summed E-state index contributed by atoms with van der Waals surface area (Å²) in [6, 6.07) is 0. The van der Waals surface area contributed by atoms with Crippen LogP contribution in [0.2, 0.25) is 0 Å². The van der Waals surface area contributed by atoms with Crippen molar-refractivity contribution in [1.82, 2.24) is 5.32 Å². The van der Waals surface area contributed by atoms with E-state index in [1.165, 1.54) is 0 Å². The molecule has 0 saturated carbocycles. The van der Waals surface area contributed by atoms with E-state index in [1.807, 2.05) is 6.61 Å². The SMILES string of the molecule is O=C1[C]ON=CN1. The zero-order valence-electron chi connectivity index (χ0n) is 3.34. The van der Waals surface area contributed by atoms with Crippen molar-refractivity contribution in [3.05, 3.63) is 6.61 Å². The lowest BCUT2D eigenvalue weighted by atomic mass is 10.6. The molecule has 0 aliphatic carbocycles. The summed E-state index contributed by atoms with van der Waals surface area (Å²) >= 11 is 0. The number of hydrogen-bond acceptors (Lipinski definition) is 3. The van der Waals surface area contributed by atoms with Crippen LogP contribution in [0.5, 0.6) is 0 Å². The molecule has 0 atom stereocenters. The first kappa shape index (κ1) is 4.11. The highest BCUT2D eigenvalue weighted by molar-refractivity contribution is 5.93. The summed E-state index contributed by atoms with van der Waals surface area (Å²) in [5, 5.41) is 5.37. The molecule has 0 aromatic heterocycles. The van der Waals surface area contributed by atoms with Gasteiger partial charge in [0.15, 0.2) is 0 Å². The summed E-state index contributed by atoms with van der Waals surface area (Å²) in [5.41, 5.74) is 0. The van der Waals surface area contributed by atoms with Crippen LogP contribution in [0.4, 0.5) is 0 Å². The molecule has 0 bridgehead atoms. The number of amides is 1. The van der Waals surface area contributed by atoms with Crippen molar-refractivity contribution < 1.29 is 9.63 Å². The maximum Gasteiger partial charge on any atom is 0.326 e. The van der Waals surface area contributed by atoms with Gasteiger partial charge >= 0.3 is 6.61 Å². The molecule has 0 spiro atoms. The molecule has 1 aliphatic rings. The van der Waals surface area contributed by atoms with Crippen molar-refractivity contribution in [2.24, 2.45) is 5.16 Å². The second kappa shape index (κ2) is 1.59. The minimum atomic E-state index is -0.407. The molecule has 4 nitrogen and oxygen atoms in total. The Morgan fingerprint density at radius 3 is 3.14 bits per heavy atom. The maximum atomic E-state index is 10.0. The lowest BCUT2D eigenvalue weighted by Crippen LogP contribution is -2.25. The molecule has 1 amide bonds. The summed E-state index contributed by atoms with van der Waals surface area (Å²) in [5.74, 6) is -0.407. The molecule has 0 saturated heterocycles. The molecule has 7 heavy (non-hydrogen) atoms. The van der Waals surface area contributed by atoms with E-state index in [9.17, 15) is 4.79 Å². The Labute approximate surface area is 40.1 Å². The maximum absolute atomic E-state index is 10.0. The van der Waals surface area contributed by atoms with Gasteiger partial charge in [-0.25, -0.2) is 0 Å². The van der Waals surface area contributed by atoms with Gasteiger partial charge in [-0.2, -0.15) is 0 Å². The molecule has 1 rings (SSSR count). The highest BCUT2D eigenvalue weighted by atomic mass is 16.6. The molecule has 0 aromatic carbocycles. The summed E-state index contributed by atoms with van der Waals surface area (Å²) in [6.45, 7) is 1.93. The van der Waals surface area contributed by atoms with Crippen LogP contribution in [0, 0.1) is 6.61 Å². The molecule has 1 aliphatic heterocycles. The zero-order chi connectivity index (χ0) is 5.11. The van der Waals surface area contributed by atoms with Crippen molar-refractivity contribution >= 4 is 12.2 Å². The smallest absolute Gasteiger partial charge is 0.326 e. The van der Waals surface area contributed by atoms with Crippen LogP contribution < -0.4 is 5.32 Å². The largest absolute Gasteiger partial charge is 0.367 e. The molecular formula is C3H2N2O2. The lowest BCUT2D eigenvalue weighted by Gasteiger charge is -1.98. The quantitative estimate of drug-likeness (QED) is 0.427. The third-order valence-electron chi connectivity index (χ3n) is 0.439. The Bertz CT molecular complexity index is 110. The number of carbonyl (C=O) groups excluding carboxylic acids is 1. The van der Waals surface area contributed by atoms with E-state index in [0.717, 1.165) is 6.34 Å². The Kier molecular flexibility index (Phi) is 0.934. The zero-order valence-corrected chi connectivity index (χ0v) is 3.34. The highest BCUT2D eigenvalue weighted by Crippen LogP contribution is 1.84. The third-order valence-corrected chi connectivity index (χ3v) is 0.439. The highest BCUT2D eigenvalue weighted by Gasteiger charge is 2.04. The van der Waals surface area contributed by atoms with Crippen molar-refractivity contribution in [3.8, 4) is 0 Å². The number of hydrogen-bond donors (Lipinski definition) is 1. The van der Waals surface area contributed by atoms with Crippen molar-refractivity contribution in [2.75, 3.05) is 0 Å². The fourth-order valence-electron chi connectivity index (χ4n) is 0.209. The van der Waals surface area contributed by atoms with Crippen LogP contribution in [0.1, 0.15) is 0 Å². The minimum absolute atomic E-state index is 0.407. The molecule has 1 N–H and O–H groups in total. The van der Waals surface area contributed by atoms with E-state index < -0.39 is 5.91 Å². The molecule has 2 radical (unpaired) electrons. The molecule has 0 fully saturated rings. The average molecular weight is 98.1 g/mol. The van der Waals surface area contributed by atoms with E-state index in [1.54, 1.807) is 0 Å². The average Bonchev–Trinajstić information content (AvgIpc) is 1.69. The summed E-state index contributed by atoms with van der Waals surface area (Å²) in [7, 11) is 0. The Hall–Kier alpha value is -1.06. The Morgan fingerprint density at radius 1 is 2.00 bits per heavy atom. The van der Waals surface area contributed by atoms with Gasteiger partial charge in [0.2, 0.25) is 0 Å². The minimum Gasteiger partial charge on any atom is -0.367 e. The van der Waals surface area contributed by atoms with Crippen LogP contribution in [-0.2, 0) is 9.63 Å². The van der Waals surface area contributed by atoms with E-state index in [0.29, 0.717) is 0 Å².